The van der Waals surface area contributed by atoms with Crippen LogP contribution in [-0.2, 0) is 22.4 Å². The molecule has 0 radical (unpaired) electrons. The Bertz CT molecular complexity index is 843. The van der Waals surface area contributed by atoms with Gasteiger partial charge in [-0.15, -0.1) is 0 Å². The second-order valence-corrected chi connectivity index (χ2v) is 7.49. The van der Waals surface area contributed by atoms with Gasteiger partial charge in [-0.2, -0.15) is 0 Å². The molecule has 2 aromatic rings. The monoisotopic (exact) mass is 390 g/mol. The topological polar surface area (TPSA) is 49.4 Å². The van der Waals surface area contributed by atoms with Gasteiger partial charge in [0, 0.05) is 30.8 Å². The Hall–Kier alpha value is -2.88. The number of nitrogens with zero attached hydrogens (tertiary/aromatic N) is 1. The molecule has 2 aromatic carbocycles. The van der Waals surface area contributed by atoms with Gasteiger partial charge in [-0.25, -0.2) is 0 Å². The summed E-state index contributed by atoms with van der Waals surface area (Å²) in [6.07, 6.45) is 6.66. The molecule has 29 heavy (non-hydrogen) atoms. The maximum absolute atomic E-state index is 12.9. The van der Waals surface area contributed by atoms with Gasteiger partial charge in [0.05, 0.1) is 0 Å². The van der Waals surface area contributed by atoms with E-state index in [1.807, 2.05) is 41.3 Å². The van der Waals surface area contributed by atoms with Gasteiger partial charge in [-0.05, 0) is 48.4 Å². The summed E-state index contributed by atoms with van der Waals surface area (Å²) in [7, 11) is 0. The number of nitrogens with one attached hydrogen (secondary N) is 1. The first-order valence-corrected chi connectivity index (χ1v) is 10.6. The Morgan fingerprint density at radius 3 is 2.17 bits per heavy atom. The van der Waals surface area contributed by atoms with Crippen LogP contribution in [0.4, 0.5) is 5.69 Å². The molecule has 1 heterocycles. The number of carbonyl (C=O) groups is 2. The largest absolute Gasteiger partial charge is 0.339 e. The summed E-state index contributed by atoms with van der Waals surface area (Å²) in [5.41, 5.74) is 4.34. The summed E-state index contributed by atoms with van der Waals surface area (Å²) < 4.78 is 0. The molecule has 4 heteroatoms. The predicted molar refractivity (Wildman–Crippen MR) is 119 cm³/mol. The Kier molecular flexibility index (Phi) is 7.23. The molecule has 0 aliphatic carbocycles. The molecular formula is C25H30N2O2. The fraction of sp³-hybridized carbons (Fsp3) is 0.360. The van der Waals surface area contributed by atoms with Crippen LogP contribution in [0, 0.1) is 5.92 Å². The van der Waals surface area contributed by atoms with Crippen molar-refractivity contribution >= 4 is 23.6 Å². The van der Waals surface area contributed by atoms with Crippen molar-refractivity contribution < 1.29 is 9.59 Å². The van der Waals surface area contributed by atoms with Gasteiger partial charge < -0.3 is 10.2 Å². The Morgan fingerprint density at radius 1 is 0.966 bits per heavy atom. The molecule has 0 spiro atoms. The molecule has 1 saturated heterocycles. The minimum Gasteiger partial charge on any atom is -0.339 e. The fourth-order valence-corrected chi connectivity index (χ4v) is 3.83. The first-order chi connectivity index (χ1) is 14.1. The minimum absolute atomic E-state index is 0.0114. The molecular weight excluding hydrogens is 360 g/mol. The minimum atomic E-state index is -0.0493. The molecule has 0 aromatic heterocycles. The smallest absolute Gasteiger partial charge is 0.246 e. The number of rotatable bonds is 6. The van der Waals surface area contributed by atoms with E-state index >= 15 is 0 Å². The van der Waals surface area contributed by atoms with E-state index in [-0.39, 0.29) is 17.7 Å². The van der Waals surface area contributed by atoms with Gasteiger partial charge in [-0.3, -0.25) is 9.59 Å². The van der Waals surface area contributed by atoms with Crippen LogP contribution in [0.2, 0.25) is 0 Å². The maximum atomic E-state index is 12.9. The highest BCUT2D eigenvalue weighted by Crippen LogP contribution is 2.25. The number of likely N-dealkylation sites (tertiary alicyclic amines) is 1. The molecule has 1 aliphatic heterocycles. The summed E-state index contributed by atoms with van der Waals surface area (Å²) in [5.74, 6) is 0.0385. The lowest BCUT2D eigenvalue weighted by atomic mass is 9.95. The summed E-state index contributed by atoms with van der Waals surface area (Å²) in [4.78, 5) is 27.1. The van der Waals surface area contributed by atoms with Crippen LogP contribution in [0.3, 0.4) is 0 Å². The van der Waals surface area contributed by atoms with Crippen molar-refractivity contribution in [1.29, 1.82) is 0 Å². The number of anilines is 1. The average Bonchev–Trinajstić information content (AvgIpc) is 2.78. The SMILES string of the molecule is CCc1cccc(CC)c1NC(=O)C1CCN(C(=O)C=Cc2ccccc2)CC1. The molecule has 152 valence electrons. The lowest BCUT2D eigenvalue weighted by Gasteiger charge is -2.31. The Labute approximate surface area is 173 Å². The van der Waals surface area contributed by atoms with E-state index in [1.54, 1.807) is 6.08 Å². The van der Waals surface area contributed by atoms with Crippen molar-refractivity contribution in [3.8, 4) is 0 Å². The summed E-state index contributed by atoms with van der Waals surface area (Å²) in [6.45, 7) is 5.45. The van der Waals surface area contributed by atoms with Crippen molar-refractivity contribution in [2.24, 2.45) is 5.92 Å². The van der Waals surface area contributed by atoms with Crippen molar-refractivity contribution in [1.82, 2.24) is 4.90 Å². The zero-order valence-electron chi connectivity index (χ0n) is 17.4. The van der Waals surface area contributed by atoms with Crippen LogP contribution in [0.25, 0.3) is 6.08 Å². The fourth-order valence-electron chi connectivity index (χ4n) is 3.83. The molecule has 2 amide bonds. The predicted octanol–water partition coefficient (Wildman–Crippen LogP) is 4.70. The van der Waals surface area contributed by atoms with E-state index < -0.39 is 0 Å². The second kappa shape index (κ2) is 10.1. The van der Waals surface area contributed by atoms with Crippen LogP contribution >= 0.6 is 0 Å². The molecule has 1 fully saturated rings. The second-order valence-electron chi connectivity index (χ2n) is 7.49. The van der Waals surface area contributed by atoms with Crippen LogP contribution in [0.15, 0.2) is 54.6 Å². The van der Waals surface area contributed by atoms with E-state index in [0.717, 1.165) is 24.1 Å². The maximum Gasteiger partial charge on any atom is 0.246 e. The number of amides is 2. The highest BCUT2D eigenvalue weighted by Gasteiger charge is 2.27. The first kappa shape index (κ1) is 20.8. The molecule has 0 saturated carbocycles. The average molecular weight is 391 g/mol. The molecule has 1 aliphatic rings. The number of aryl methyl sites for hydroxylation is 2. The van der Waals surface area contributed by atoms with Gasteiger partial charge in [0.15, 0.2) is 0 Å². The Morgan fingerprint density at radius 2 is 1.59 bits per heavy atom. The quantitative estimate of drug-likeness (QED) is 0.727. The lowest BCUT2D eigenvalue weighted by molar-refractivity contribution is -0.130. The van der Waals surface area contributed by atoms with Crippen molar-refractivity contribution in [3.63, 3.8) is 0 Å². The van der Waals surface area contributed by atoms with Gasteiger partial charge in [0.25, 0.3) is 0 Å². The first-order valence-electron chi connectivity index (χ1n) is 10.6. The highest BCUT2D eigenvalue weighted by atomic mass is 16.2. The summed E-state index contributed by atoms with van der Waals surface area (Å²) in [5, 5.41) is 3.19. The summed E-state index contributed by atoms with van der Waals surface area (Å²) >= 11 is 0. The van der Waals surface area contributed by atoms with Crippen LogP contribution < -0.4 is 5.32 Å². The van der Waals surface area contributed by atoms with Crippen LogP contribution in [0.5, 0.6) is 0 Å². The standard InChI is InChI=1S/C25H30N2O2/c1-3-20-11-8-12-21(4-2)24(20)26-25(29)22-15-17-27(18-16-22)23(28)14-13-19-9-6-5-7-10-19/h5-14,22H,3-4,15-18H2,1-2H3,(H,26,29). The molecule has 4 nitrogen and oxygen atoms in total. The third kappa shape index (κ3) is 5.35. The van der Waals surface area contributed by atoms with E-state index in [9.17, 15) is 9.59 Å². The normalized spacial score (nSPS) is 14.9. The number of hydrogen-bond donors (Lipinski definition) is 1. The lowest BCUT2D eigenvalue weighted by Crippen LogP contribution is -2.40. The number of para-hydroxylation sites is 1. The van der Waals surface area contributed by atoms with Gasteiger partial charge in [0.1, 0.15) is 0 Å². The molecule has 0 atom stereocenters. The van der Waals surface area contributed by atoms with Gasteiger partial charge in [0.2, 0.25) is 11.8 Å². The van der Waals surface area contributed by atoms with Gasteiger partial charge >= 0.3 is 0 Å². The third-order valence-corrected chi connectivity index (χ3v) is 5.64. The molecule has 0 bridgehead atoms. The molecule has 3 rings (SSSR count). The number of carbonyl (C=O) groups excluding carboxylic acids is 2. The van der Waals surface area contributed by atoms with E-state index in [4.69, 9.17) is 0 Å². The van der Waals surface area contributed by atoms with Crippen molar-refractivity contribution in [2.75, 3.05) is 18.4 Å². The molecule has 1 N–H and O–H groups in total. The number of piperidine rings is 1. The number of benzene rings is 2. The summed E-state index contributed by atoms with van der Waals surface area (Å²) in [6, 6.07) is 16.0. The van der Waals surface area contributed by atoms with Gasteiger partial charge in [-0.1, -0.05) is 62.4 Å². The van der Waals surface area contributed by atoms with Crippen molar-refractivity contribution in [3.05, 3.63) is 71.3 Å². The zero-order valence-corrected chi connectivity index (χ0v) is 17.4. The third-order valence-electron chi connectivity index (χ3n) is 5.64. The highest BCUT2D eigenvalue weighted by molar-refractivity contribution is 5.95. The van der Waals surface area contributed by atoms with E-state index in [2.05, 4.69) is 37.4 Å². The van der Waals surface area contributed by atoms with Crippen LogP contribution in [0.1, 0.15) is 43.4 Å². The zero-order chi connectivity index (χ0) is 20.6. The van der Waals surface area contributed by atoms with E-state index in [0.29, 0.717) is 25.9 Å². The number of hydrogen-bond acceptors (Lipinski definition) is 2. The van der Waals surface area contributed by atoms with E-state index in [1.165, 1.54) is 11.1 Å². The van der Waals surface area contributed by atoms with Crippen LogP contribution in [-0.4, -0.2) is 29.8 Å². The Balaban J connectivity index is 1.56. The molecule has 0 unspecified atom stereocenters. The van der Waals surface area contributed by atoms with Crippen molar-refractivity contribution in [2.45, 2.75) is 39.5 Å².